The van der Waals surface area contributed by atoms with Gasteiger partial charge in [-0.15, -0.1) is 0 Å². The molecule has 1 N–H and O–H groups in total. The highest BCUT2D eigenvalue weighted by Gasteiger charge is 2.17. The molecular weight excluding hydrogens is 480 g/mol. The molecule has 0 radical (unpaired) electrons. The van der Waals surface area contributed by atoms with Crippen molar-refractivity contribution in [3.8, 4) is 51.0 Å². The van der Waals surface area contributed by atoms with Crippen molar-refractivity contribution in [2.24, 2.45) is 0 Å². The molecule has 0 aliphatic carbocycles. The van der Waals surface area contributed by atoms with Crippen molar-refractivity contribution in [2.45, 2.75) is 0 Å². The van der Waals surface area contributed by atoms with Gasteiger partial charge in [0, 0.05) is 28.3 Å². The molecule has 7 rings (SSSR count). The molecule has 5 nitrogen and oxygen atoms in total. The summed E-state index contributed by atoms with van der Waals surface area (Å²) in [5.74, 6) is 2.04. The van der Waals surface area contributed by atoms with Crippen LogP contribution in [-0.4, -0.2) is 25.0 Å². The van der Waals surface area contributed by atoms with E-state index >= 15 is 0 Å². The predicted octanol–water partition coefficient (Wildman–Crippen LogP) is 7.95. The molecule has 0 saturated carbocycles. The average Bonchev–Trinajstić information content (AvgIpc) is 3.02. The molecule has 0 fully saturated rings. The summed E-state index contributed by atoms with van der Waals surface area (Å²) in [5, 5.41) is 13.4. The normalized spacial score (nSPS) is 11.2. The molecule has 2 heterocycles. The number of aromatic hydroxyl groups is 1. The molecule has 39 heavy (non-hydrogen) atoms. The zero-order valence-corrected chi connectivity index (χ0v) is 20.9. The number of rotatable bonds is 4. The Morgan fingerprint density at radius 3 is 1.56 bits per heavy atom. The maximum atomic E-state index is 10.4. The summed E-state index contributed by atoms with van der Waals surface area (Å²) in [7, 11) is 0. The molecule has 184 valence electrons. The molecule has 0 saturated heterocycles. The molecule has 0 atom stereocenters. The van der Waals surface area contributed by atoms with Crippen LogP contribution in [0.2, 0.25) is 0 Å². The van der Waals surface area contributed by atoms with E-state index in [1.807, 2.05) is 91.0 Å². The summed E-state index contributed by atoms with van der Waals surface area (Å²) in [5.41, 5.74) is 5.43. The highest BCUT2D eigenvalue weighted by molar-refractivity contribution is 6.09. The molecular formula is C34H22N4O. The van der Waals surface area contributed by atoms with Crippen LogP contribution in [0, 0.1) is 0 Å². The number of aromatic nitrogens is 4. The molecule has 0 unspecified atom stereocenters. The van der Waals surface area contributed by atoms with Crippen LogP contribution in [0.5, 0.6) is 5.75 Å². The van der Waals surface area contributed by atoms with Gasteiger partial charge in [-0.3, -0.25) is 4.98 Å². The Bertz CT molecular complexity index is 1910. The van der Waals surface area contributed by atoms with E-state index in [0.29, 0.717) is 23.0 Å². The van der Waals surface area contributed by atoms with E-state index in [-0.39, 0.29) is 5.75 Å². The first-order chi connectivity index (χ1) is 19.3. The van der Waals surface area contributed by atoms with Crippen LogP contribution in [0.4, 0.5) is 0 Å². The summed E-state index contributed by atoms with van der Waals surface area (Å²) < 4.78 is 0. The van der Waals surface area contributed by atoms with Gasteiger partial charge < -0.3 is 5.11 Å². The first-order valence-corrected chi connectivity index (χ1v) is 12.7. The van der Waals surface area contributed by atoms with E-state index in [4.69, 9.17) is 15.0 Å². The maximum absolute atomic E-state index is 10.4. The van der Waals surface area contributed by atoms with Crippen molar-refractivity contribution < 1.29 is 5.11 Å². The number of benzene rings is 5. The van der Waals surface area contributed by atoms with Gasteiger partial charge in [-0.05, 0) is 46.2 Å². The van der Waals surface area contributed by atoms with Gasteiger partial charge in [0.05, 0.1) is 0 Å². The standard InChI is InChI=1S/C34H22N4O/c39-30-20-19-27(28-16-9-21-35-31(28)30)26-17-18-29(25-15-8-7-14-24(25)26)34-37-32(22-10-3-1-4-11-22)36-33(38-34)23-12-5-2-6-13-23/h1-21,39H. The van der Waals surface area contributed by atoms with E-state index in [1.54, 1.807) is 12.3 Å². The van der Waals surface area contributed by atoms with E-state index in [2.05, 4.69) is 29.2 Å². The van der Waals surface area contributed by atoms with Gasteiger partial charge in [0.2, 0.25) is 0 Å². The molecule has 0 bridgehead atoms. The van der Waals surface area contributed by atoms with Gasteiger partial charge in [0.25, 0.3) is 0 Å². The van der Waals surface area contributed by atoms with Gasteiger partial charge in [0.15, 0.2) is 17.5 Å². The van der Waals surface area contributed by atoms with Gasteiger partial charge in [-0.25, -0.2) is 15.0 Å². The molecule has 5 heteroatoms. The third-order valence-corrected chi connectivity index (χ3v) is 6.90. The number of nitrogens with zero attached hydrogens (tertiary/aromatic N) is 4. The summed E-state index contributed by atoms with van der Waals surface area (Å²) in [6, 6.07) is 40.0. The number of phenols is 1. The number of pyridine rings is 1. The Kier molecular flexibility index (Phi) is 5.52. The lowest BCUT2D eigenvalue weighted by Gasteiger charge is -2.14. The minimum absolute atomic E-state index is 0.169. The van der Waals surface area contributed by atoms with E-state index in [1.165, 1.54) is 0 Å². The second-order valence-corrected chi connectivity index (χ2v) is 9.28. The van der Waals surface area contributed by atoms with E-state index < -0.39 is 0 Å². The van der Waals surface area contributed by atoms with Crippen molar-refractivity contribution in [2.75, 3.05) is 0 Å². The van der Waals surface area contributed by atoms with Crippen LogP contribution >= 0.6 is 0 Å². The van der Waals surface area contributed by atoms with Crippen molar-refractivity contribution in [3.05, 3.63) is 128 Å². The summed E-state index contributed by atoms with van der Waals surface area (Å²) in [6.07, 6.45) is 1.70. The van der Waals surface area contributed by atoms with Crippen molar-refractivity contribution >= 4 is 21.7 Å². The molecule has 0 aliphatic heterocycles. The molecule has 0 aliphatic rings. The van der Waals surface area contributed by atoms with Gasteiger partial charge >= 0.3 is 0 Å². The smallest absolute Gasteiger partial charge is 0.164 e. The topological polar surface area (TPSA) is 71.8 Å². The largest absolute Gasteiger partial charge is 0.506 e. The third-order valence-electron chi connectivity index (χ3n) is 6.90. The van der Waals surface area contributed by atoms with Gasteiger partial charge in [-0.2, -0.15) is 0 Å². The lowest BCUT2D eigenvalue weighted by molar-refractivity contribution is 0.480. The van der Waals surface area contributed by atoms with Crippen molar-refractivity contribution in [3.63, 3.8) is 0 Å². The molecule has 0 amide bonds. The Hall–Kier alpha value is -5.42. The zero-order chi connectivity index (χ0) is 26.2. The van der Waals surface area contributed by atoms with Gasteiger partial charge in [0.1, 0.15) is 11.3 Å². The fourth-order valence-electron chi connectivity index (χ4n) is 5.05. The Morgan fingerprint density at radius 1 is 0.410 bits per heavy atom. The van der Waals surface area contributed by atoms with E-state index in [9.17, 15) is 5.11 Å². The maximum Gasteiger partial charge on any atom is 0.164 e. The number of hydrogen-bond acceptors (Lipinski definition) is 5. The number of hydrogen-bond donors (Lipinski definition) is 1. The minimum Gasteiger partial charge on any atom is -0.506 e. The first-order valence-electron chi connectivity index (χ1n) is 12.7. The van der Waals surface area contributed by atoms with Gasteiger partial charge in [-0.1, -0.05) is 97.1 Å². The SMILES string of the molecule is Oc1ccc(-c2ccc(-c3nc(-c4ccccc4)nc(-c4ccccc4)n3)c3ccccc23)c2cccnc12. The summed E-state index contributed by atoms with van der Waals surface area (Å²) in [4.78, 5) is 19.1. The first kappa shape index (κ1) is 22.8. The third kappa shape index (κ3) is 4.06. The van der Waals surface area contributed by atoms with Crippen LogP contribution in [0.15, 0.2) is 128 Å². The molecule has 2 aromatic heterocycles. The van der Waals surface area contributed by atoms with Crippen LogP contribution in [0.3, 0.4) is 0 Å². The van der Waals surface area contributed by atoms with Crippen LogP contribution in [0.25, 0.3) is 67.0 Å². The van der Waals surface area contributed by atoms with Crippen LogP contribution in [-0.2, 0) is 0 Å². The Labute approximate surface area is 225 Å². The quantitative estimate of drug-likeness (QED) is 0.264. The highest BCUT2D eigenvalue weighted by Crippen LogP contribution is 2.39. The highest BCUT2D eigenvalue weighted by atomic mass is 16.3. The fourth-order valence-corrected chi connectivity index (χ4v) is 5.05. The predicted molar refractivity (Wildman–Crippen MR) is 156 cm³/mol. The summed E-state index contributed by atoms with van der Waals surface area (Å²) >= 11 is 0. The lowest BCUT2D eigenvalue weighted by atomic mass is 9.92. The van der Waals surface area contributed by atoms with E-state index in [0.717, 1.165) is 44.0 Å². The Morgan fingerprint density at radius 2 is 0.897 bits per heavy atom. The van der Waals surface area contributed by atoms with Crippen LogP contribution < -0.4 is 0 Å². The zero-order valence-electron chi connectivity index (χ0n) is 20.9. The number of phenolic OH excluding ortho intramolecular Hbond substituents is 1. The second-order valence-electron chi connectivity index (χ2n) is 9.28. The second kappa shape index (κ2) is 9.47. The Balaban J connectivity index is 1.47. The van der Waals surface area contributed by atoms with Crippen molar-refractivity contribution in [1.29, 1.82) is 0 Å². The van der Waals surface area contributed by atoms with Crippen LogP contribution in [0.1, 0.15) is 0 Å². The molecule has 7 aromatic rings. The fraction of sp³-hybridized carbons (Fsp3) is 0. The average molecular weight is 503 g/mol. The minimum atomic E-state index is 0.169. The van der Waals surface area contributed by atoms with Crippen molar-refractivity contribution in [1.82, 2.24) is 19.9 Å². The molecule has 5 aromatic carbocycles. The number of fused-ring (bicyclic) bond motifs is 2. The monoisotopic (exact) mass is 502 g/mol. The summed E-state index contributed by atoms with van der Waals surface area (Å²) in [6.45, 7) is 0. The molecule has 0 spiro atoms. The lowest BCUT2D eigenvalue weighted by Crippen LogP contribution is -2.00.